The zero-order valence-electron chi connectivity index (χ0n) is 20.7. The molecule has 5 heteroatoms. The molecule has 1 fully saturated rings. The van der Waals surface area contributed by atoms with Crippen molar-refractivity contribution in [2.24, 2.45) is 0 Å². The summed E-state index contributed by atoms with van der Waals surface area (Å²) in [6.07, 6.45) is 5.30. The molecule has 0 bridgehead atoms. The summed E-state index contributed by atoms with van der Waals surface area (Å²) in [4.78, 5) is 23.9. The lowest BCUT2D eigenvalue weighted by Crippen LogP contribution is -2.49. The van der Waals surface area contributed by atoms with Crippen molar-refractivity contribution in [3.8, 4) is 11.4 Å². The Morgan fingerprint density at radius 3 is 2.11 bits per heavy atom. The smallest absolute Gasteiger partial charge is 0.253 e. The van der Waals surface area contributed by atoms with E-state index in [1.165, 1.54) is 11.1 Å². The van der Waals surface area contributed by atoms with E-state index in [2.05, 4.69) is 82.9 Å². The second kappa shape index (κ2) is 10.8. The van der Waals surface area contributed by atoms with E-state index in [1.54, 1.807) is 18.5 Å². The van der Waals surface area contributed by atoms with Crippen LogP contribution in [0.2, 0.25) is 0 Å². The van der Waals surface area contributed by atoms with Crippen molar-refractivity contribution in [1.82, 2.24) is 20.2 Å². The van der Waals surface area contributed by atoms with Crippen LogP contribution >= 0.6 is 0 Å². The Morgan fingerprint density at radius 2 is 1.47 bits per heavy atom. The Morgan fingerprint density at radius 1 is 0.861 bits per heavy atom. The summed E-state index contributed by atoms with van der Waals surface area (Å²) >= 11 is 0. The van der Waals surface area contributed by atoms with E-state index >= 15 is 0 Å². The number of amides is 1. The van der Waals surface area contributed by atoms with Crippen molar-refractivity contribution >= 4 is 5.91 Å². The van der Waals surface area contributed by atoms with E-state index in [0.717, 1.165) is 38.0 Å². The van der Waals surface area contributed by atoms with Crippen molar-refractivity contribution in [2.75, 3.05) is 19.6 Å². The number of nitrogens with zero attached hydrogens (tertiary/aromatic N) is 3. The summed E-state index contributed by atoms with van der Waals surface area (Å²) in [5, 5.41) is 3.79. The quantitative estimate of drug-likeness (QED) is 0.373. The molecule has 1 atom stereocenters. The van der Waals surface area contributed by atoms with Crippen molar-refractivity contribution in [3.63, 3.8) is 0 Å². The monoisotopic (exact) mass is 476 g/mol. The molecule has 2 heterocycles. The molecule has 5 nitrogen and oxygen atoms in total. The second-order valence-electron chi connectivity index (χ2n) is 9.60. The van der Waals surface area contributed by atoms with Crippen molar-refractivity contribution in [3.05, 3.63) is 120 Å². The van der Waals surface area contributed by atoms with Gasteiger partial charge in [-0.05, 0) is 49.1 Å². The zero-order valence-corrected chi connectivity index (χ0v) is 20.7. The average molecular weight is 477 g/mol. The van der Waals surface area contributed by atoms with E-state index in [1.807, 2.05) is 29.2 Å². The minimum absolute atomic E-state index is 0.00438. The predicted octanol–water partition coefficient (Wildman–Crippen LogP) is 5.67. The maximum atomic E-state index is 13.3. The minimum Gasteiger partial charge on any atom is -0.339 e. The third kappa shape index (κ3) is 5.21. The molecule has 1 aliphatic rings. The Kier molecular flexibility index (Phi) is 7.19. The average Bonchev–Trinajstić information content (AvgIpc) is 2.97. The number of benzene rings is 3. The normalized spacial score (nSPS) is 15.9. The van der Waals surface area contributed by atoms with Crippen LogP contribution in [0.25, 0.3) is 11.4 Å². The number of aromatic nitrogens is 2. The van der Waals surface area contributed by atoms with Crippen LogP contribution in [-0.2, 0) is 5.41 Å². The first-order valence-corrected chi connectivity index (χ1v) is 12.7. The highest BCUT2D eigenvalue weighted by Gasteiger charge is 2.37. The molecule has 3 aromatic carbocycles. The fourth-order valence-electron chi connectivity index (χ4n) is 5.10. The third-order valence-corrected chi connectivity index (χ3v) is 7.40. The van der Waals surface area contributed by atoms with Gasteiger partial charge in [0.1, 0.15) is 0 Å². The van der Waals surface area contributed by atoms with Gasteiger partial charge in [-0.25, -0.2) is 9.97 Å². The fraction of sp³-hybridized carbons (Fsp3) is 0.258. The van der Waals surface area contributed by atoms with Gasteiger partial charge in [0.15, 0.2) is 5.82 Å². The summed E-state index contributed by atoms with van der Waals surface area (Å²) in [6, 6.07) is 31.0. The molecule has 0 spiro atoms. The highest BCUT2D eigenvalue weighted by Crippen LogP contribution is 2.36. The molecule has 0 saturated carbocycles. The molecule has 1 aromatic heterocycles. The lowest BCUT2D eigenvalue weighted by Gasteiger charge is -2.43. The Hall–Kier alpha value is -3.83. The lowest BCUT2D eigenvalue weighted by molar-refractivity contribution is 0.0662. The van der Waals surface area contributed by atoms with E-state index in [9.17, 15) is 4.79 Å². The molecular formula is C31H32N4O. The van der Waals surface area contributed by atoms with Crippen molar-refractivity contribution in [1.29, 1.82) is 0 Å². The van der Waals surface area contributed by atoms with Crippen molar-refractivity contribution in [2.45, 2.75) is 31.2 Å². The van der Waals surface area contributed by atoms with Crippen LogP contribution in [0.15, 0.2) is 103 Å². The first-order chi connectivity index (χ1) is 17.6. The second-order valence-corrected chi connectivity index (χ2v) is 9.60. The van der Waals surface area contributed by atoms with Gasteiger partial charge >= 0.3 is 0 Å². The molecule has 0 aliphatic carbocycles. The summed E-state index contributed by atoms with van der Waals surface area (Å²) in [5.74, 6) is 0.752. The molecule has 36 heavy (non-hydrogen) atoms. The first kappa shape index (κ1) is 23.9. The summed E-state index contributed by atoms with van der Waals surface area (Å²) in [7, 11) is 0. The Balaban J connectivity index is 1.28. The molecule has 182 valence electrons. The van der Waals surface area contributed by atoms with Gasteiger partial charge in [-0.2, -0.15) is 0 Å². The van der Waals surface area contributed by atoms with Crippen LogP contribution in [-0.4, -0.2) is 40.4 Å². The lowest BCUT2D eigenvalue weighted by atomic mass is 9.72. The summed E-state index contributed by atoms with van der Waals surface area (Å²) < 4.78 is 0. The molecule has 1 N–H and O–H groups in total. The number of piperidine rings is 1. The van der Waals surface area contributed by atoms with Gasteiger partial charge in [-0.15, -0.1) is 0 Å². The number of hydrogen-bond donors (Lipinski definition) is 1. The van der Waals surface area contributed by atoms with E-state index in [0.29, 0.717) is 11.4 Å². The number of rotatable bonds is 7. The minimum atomic E-state index is -0.00438. The molecule has 0 radical (unpaired) electrons. The van der Waals surface area contributed by atoms with E-state index in [-0.39, 0.29) is 17.4 Å². The molecule has 1 aliphatic heterocycles. The highest BCUT2D eigenvalue weighted by atomic mass is 16.2. The van der Waals surface area contributed by atoms with Crippen LogP contribution in [0.5, 0.6) is 0 Å². The van der Waals surface area contributed by atoms with E-state index < -0.39 is 0 Å². The Bertz CT molecular complexity index is 1250. The maximum absolute atomic E-state index is 13.3. The van der Waals surface area contributed by atoms with Crippen LogP contribution in [0.1, 0.15) is 47.3 Å². The fourth-order valence-corrected chi connectivity index (χ4v) is 5.10. The molecule has 1 amide bonds. The summed E-state index contributed by atoms with van der Waals surface area (Å²) in [6.45, 7) is 4.56. The van der Waals surface area contributed by atoms with Crippen molar-refractivity contribution < 1.29 is 4.79 Å². The van der Waals surface area contributed by atoms with Gasteiger partial charge in [0.25, 0.3) is 5.91 Å². The van der Waals surface area contributed by atoms with Crippen LogP contribution < -0.4 is 5.32 Å². The molecular weight excluding hydrogens is 444 g/mol. The number of likely N-dealkylation sites (tertiary alicyclic amines) is 1. The third-order valence-electron chi connectivity index (χ3n) is 7.40. The number of hydrogen-bond acceptors (Lipinski definition) is 4. The highest BCUT2D eigenvalue weighted by molar-refractivity contribution is 5.94. The van der Waals surface area contributed by atoms with E-state index in [4.69, 9.17) is 0 Å². The Labute approximate surface area is 213 Å². The number of nitrogens with one attached hydrogen (secondary N) is 1. The zero-order chi connectivity index (χ0) is 24.8. The molecule has 1 saturated heterocycles. The largest absolute Gasteiger partial charge is 0.339 e. The SMILES string of the molecule is CC(NCC1(c2ccccc2)CCN(C(=O)c2ccc(-c3ncccn3)cc2)CC1)c1ccccc1. The van der Waals surface area contributed by atoms with Crippen LogP contribution in [0, 0.1) is 0 Å². The van der Waals surface area contributed by atoms with Gasteiger partial charge in [0.05, 0.1) is 0 Å². The molecule has 4 aromatic rings. The standard InChI is InChI=1S/C31H32N4O/c1-24(25-9-4-2-5-10-25)34-23-31(28-11-6-3-7-12-28)17-21-35(22-18-31)30(36)27-15-13-26(14-16-27)29-32-19-8-20-33-29/h2-16,19-20,24,34H,17-18,21-23H2,1H3. The molecule has 1 unspecified atom stereocenters. The number of carbonyl (C=O) groups excluding carboxylic acids is 1. The predicted molar refractivity (Wildman–Crippen MR) is 144 cm³/mol. The first-order valence-electron chi connectivity index (χ1n) is 12.7. The maximum Gasteiger partial charge on any atom is 0.253 e. The van der Waals surface area contributed by atoms with Gasteiger partial charge in [0.2, 0.25) is 0 Å². The van der Waals surface area contributed by atoms with Crippen LogP contribution in [0.3, 0.4) is 0 Å². The molecule has 5 rings (SSSR count). The van der Waals surface area contributed by atoms with Gasteiger partial charge < -0.3 is 10.2 Å². The number of carbonyl (C=O) groups is 1. The topological polar surface area (TPSA) is 58.1 Å². The summed E-state index contributed by atoms with van der Waals surface area (Å²) in [5.41, 5.74) is 4.25. The van der Waals surface area contributed by atoms with Gasteiger partial charge in [0, 0.05) is 54.6 Å². The van der Waals surface area contributed by atoms with Gasteiger partial charge in [-0.3, -0.25) is 4.79 Å². The van der Waals surface area contributed by atoms with Gasteiger partial charge in [-0.1, -0.05) is 72.8 Å². The van der Waals surface area contributed by atoms with Crippen LogP contribution in [0.4, 0.5) is 0 Å².